The maximum Gasteiger partial charge on any atom is 0.435 e. The van der Waals surface area contributed by atoms with E-state index in [-0.39, 0.29) is 0 Å². The lowest BCUT2D eigenvalue weighted by molar-refractivity contribution is -0.448. The van der Waals surface area contributed by atoms with E-state index < -0.39 is 48.3 Å². The Morgan fingerprint density at radius 1 is 0.250 bits per heavy atom. The summed E-state index contributed by atoms with van der Waals surface area (Å²) >= 11 is 0. The van der Waals surface area contributed by atoms with Crippen LogP contribution < -0.4 is 0 Å². The minimum Gasteiger partial charge on any atom is -0.367 e. The van der Waals surface area contributed by atoms with E-state index in [2.05, 4.69) is 0 Å². The summed E-state index contributed by atoms with van der Waals surface area (Å²) in [6, 6.07) is 0. The summed E-state index contributed by atoms with van der Waals surface area (Å²) in [7, 11) is 0. The van der Waals surface area contributed by atoms with Crippen LogP contribution in [0.4, 0.5) is 79.0 Å². The molecular weight excluding hydrogens is 470 g/mol. The third kappa shape index (κ3) is 4.98. The van der Waals surface area contributed by atoms with Gasteiger partial charge in [-0.1, -0.05) is 0 Å². The molecule has 0 saturated heterocycles. The molecule has 0 rings (SSSR count). The lowest BCUT2D eigenvalue weighted by Gasteiger charge is -2.33. The highest BCUT2D eigenvalue weighted by molar-refractivity contribution is 5.00. The predicted molar refractivity (Wildman–Crippen MR) is 46.2 cm³/mol. The van der Waals surface area contributed by atoms with Crippen molar-refractivity contribution in [2.75, 3.05) is 0 Å². The zero-order valence-corrected chi connectivity index (χ0v) is 11.7. The van der Waals surface area contributed by atoms with Crippen molar-refractivity contribution in [3.05, 3.63) is 0 Å². The topological polar surface area (TPSA) is 40.5 Å². The van der Waals surface area contributed by atoms with E-state index in [0.29, 0.717) is 0 Å². The van der Waals surface area contributed by atoms with E-state index in [4.69, 9.17) is 10.2 Å². The minimum absolute atomic E-state index is 6.69. The Morgan fingerprint density at radius 3 is 0.321 bits per heavy atom. The van der Waals surface area contributed by atoms with Gasteiger partial charge in [-0.3, -0.25) is 0 Å². The molecule has 20 heteroatoms. The summed E-state index contributed by atoms with van der Waals surface area (Å²) in [6.45, 7) is 0. The Balaban J connectivity index is 0. The molecule has 0 heterocycles. The van der Waals surface area contributed by atoms with Crippen molar-refractivity contribution in [3.8, 4) is 0 Å². The lowest BCUT2D eigenvalue weighted by Crippen LogP contribution is -2.66. The molecule has 0 saturated carbocycles. The molecule has 0 amide bonds. The molecule has 0 aliphatic heterocycles. The SMILES string of the molecule is OC(C(F)(F)F)(C(F)(F)F)C(F)(F)F.OC(C(F)(F)F)(C(F)(F)F)C(F)(F)F. The van der Waals surface area contributed by atoms with Crippen LogP contribution in [0.25, 0.3) is 0 Å². The minimum atomic E-state index is -6.87. The maximum absolute atomic E-state index is 11.4. The molecule has 0 aromatic heterocycles. The normalized spacial score (nSPS) is 15.9. The first-order valence-corrected chi connectivity index (χ1v) is 5.35. The van der Waals surface area contributed by atoms with Gasteiger partial charge in [0.25, 0.3) is 0 Å². The zero-order valence-electron chi connectivity index (χ0n) is 11.7. The van der Waals surface area contributed by atoms with Gasteiger partial charge in [-0.15, -0.1) is 0 Å². The van der Waals surface area contributed by atoms with E-state index in [0.717, 1.165) is 0 Å². The fourth-order valence-corrected chi connectivity index (χ4v) is 0.964. The van der Waals surface area contributed by atoms with Crippen LogP contribution in [-0.2, 0) is 0 Å². The quantitative estimate of drug-likeness (QED) is 0.498. The molecule has 28 heavy (non-hydrogen) atoms. The molecule has 0 unspecified atom stereocenters. The fraction of sp³-hybridized carbons (Fsp3) is 1.00. The number of hydrogen-bond donors (Lipinski definition) is 2. The monoisotopic (exact) mass is 472 g/mol. The van der Waals surface area contributed by atoms with Crippen molar-refractivity contribution >= 4 is 0 Å². The zero-order chi connectivity index (χ0) is 24.0. The van der Waals surface area contributed by atoms with Crippen LogP contribution in [-0.4, -0.2) is 58.5 Å². The van der Waals surface area contributed by atoms with Crippen LogP contribution in [0.3, 0.4) is 0 Å². The fourth-order valence-electron chi connectivity index (χ4n) is 0.964. The molecule has 0 aliphatic carbocycles. The van der Waals surface area contributed by atoms with E-state index >= 15 is 0 Å². The molecule has 0 atom stereocenters. The van der Waals surface area contributed by atoms with Crippen LogP contribution in [0.5, 0.6) is 0 Å². The summed E-state index contributed by atoms with van der Waals surface area (Å²) in [6.07, 6.45) is -41.2. The number of halogens is 18. The molecule has 0 spiro atoms. The van der Waals surface area contributed by atoms with Gasteiger partial charge in [-0.2, -0.15) is 79.0 Å². The summed E-state index contributed by atoms with van der Waals surface area (Å²) in [5.41, 5.74) is -13.4. The van der Waals surface area contributed by atoms with Gasteiger partial charge in [0.05, 0.1) is 0 Å². The Morgan fingerprint density at radius 2 is 0.321 bits per heavy atom. The molecule has 0 aliphatic rings. The first-order chi connectivity index (χ1) is 11.5. The first kappa shape index (κ1) is 28.9. The van der Waals surface area contributed by atoms with E-state index in [9.17, 15) is 79.0 Å². The Kier molecular flexibility index (Phi) is 7.39. The first-order valence-electron chi connectivity index (χ1n) is 5.35. The average molecular weight is 472 g/mol. The summed E-state index contributed by atoms with van der Waals surface area (Å²) < 4.78 is 205. The van der Waals surface area contributed by atoms with Crippen molar-refractivity contribution < 1.29 is 89.2 Å². The third-order valence-electron chi connectivity index (χ3n) is 2.46. The Hall–Kier alpha value is -1.34. The smallest absolute Gasteiger partial charge is 0.367 e. The van der Waals surface area contributed by atoms with Gasteiger partial charge in [-0.25, -0.2) is 0 Å². The number of alkyl halides is 18. The van der Waals surface area contributed by atoms with Crippen molar-refractivity contribution in [2.24, 2.45) is 0 Å². The largest absolute Gasteiger partial charge is 0.435 e. The summed E-state index contributed by atoms with van der Waals surface area (Å²) in [5, 5.41) is 15.3. The molecule has 2 N–H and O–H groups in total. The number of aliphatic hydroxyl groups is 2. The van der Waals surface area contributed by atoms with Gasteiger partial charge in [0.2, 0.25) is 0 Å². The molecule has 0 aromatic rings. The molecule has 0 fully saturated rings. The number of hydrogen-bond acceptors (Lipinski definition) is 2. The van der Waals surface area contributed by atoms with Crippen molar-refractivity contribution in [2.45, 2.75) is 48.3 Å². The van der Waals surface area contributed by atoms with Crippen LogP contribution >= 0.6 is 0 Å². The predicted octanol–water partition coefficient (Wildman–Crippen LogP) is 4.81. The van der Waals surface area contributed by atoms with Crippen molar-refractivity contribution in [1.29, 1.82) is 0 Å². The highest BCUT2D eigenvalue weighted by atomic mass is 19.4. The van der Waals surface area contributed by atoms with Crippen LogP contribution in [0, 0.1) is 0 Å². The van der Waals surface area contributed by atoms with Crippen LogP contribution in [0.15, 0.2) is 0 Å². The molecule has 172 valence electrons. The van der Waals surface area contributed by atoms with E-state index in [1.54, 1.807) is 0 Å². The second-order valence-electron chi connectivity index (χ2n) is 4.41. The second kappa shape index (κ2) is 7.17. The van der Waals surface area contributed by atoms with Crippen LogP contribution in [0.1, 0.15) is 0 Å². The van der Waals surface area contributed by atoms with Crippen molar-refractivity contribution in [3.63, 3.8) is 0 Å². The van der Waals surface area contributed by atoms with Gasteiger partial charge < -0.3 is 10.2 Å². The van der Waals surface area contributed by atoms with Gasteiger partial charge in [0.1, 0.15) is 0 Å². The number of rotatable bonds is 0. The molecule has 0 aromatic carbocycles. The van der Waals surface area contributed by atoms with E-state index in [1.165, 1.54) is 0 Å². The van der Waals surface area contributed by atoms with Crippen LogP contribution in [0.2, 0.25) is 0 Å². The molecule has 2 nitrogen and oxygen atoms in total. The van der Waals surface area contributed by atoms with Gasteiger partial charge >= 0.3 is 48.3 Å². The molecule has 0 bridgehead atoms. The van der Waals surface area contributed by atoms with E-state index in [1.807, 2.05) is 0 Å². The highest BCUT2D eigenvalue weighted by Gasteiger charge is 2.84. The van der Waals surface area contributed by atoms with Gasteiger partial charge in [0, 0.05) is 0 Å². The summed E-state index contributed by atoms with van der Waals surface area (Å²) in [4.78, 5) is 0. The van der Waals surface area contributed by atoms with Gasteiger partial charge in [-0.05, 0) is 0 Å². The highest BCUT2D eigenvalue weighted by Crippen LogP contribution is 2.53. The lowest BCUT2D eigenvalue weighted by atomic mass is 10.0. The Bertz CT molecular complexity index is 389. The average Bonchev–Trinajstić information content (AvgIpc) is 2.29. The third-order valence-corrected chi connectivity index (χ3v) is 2.46. The van der Waals surface area contributed by atoms with Crippen molar-refractivity contribution in [1.82, 2.24) is 0 Å². The molecule has 0 radical (unpaired) electrons. The Labute approximate surface area is 139 Å². The summed E-state index contributed by atoms with van der Waals surface area (Å²) in [5.74, 6) is 0. The molecular formula is C8H2F18O2. The standard InChI is InChI=1S/2C4HF9O/c2*5-2(6,7)1(14,3(8,9)10)4(11,12)13/h2*14H. The maximum atomic E-state index is 11.4. The van der Waals surface area contributed by atoms with Gasteiger partial charge in [0.15, 0.2) is 0 Å². The second-order valence-corrected chi connectivity index (χ2v) is 4.41.